The predicted octanol–water partition coefficient (Wildman–Crippen LogP) is 3.54. The zero-order chi connectivity index (χ0) is 13.8. The van der Waals surface area contributed by atoms with E-state index in [9.17, 15) is 0 Å². The third-order valence-electron chi connectivity index (χ3n) is 2.95. The zero-order valence-electron chi connectivity index (χ0n) is 10.6. The van der Waals surface area contributed by atoms with Gasteiger partial charge in [-0.05, 0) is 39.7 Å². The number of nitrogens with two attached hydrogens (primary N) is 1. The number of benzene rings is 2. The molecule has 3 nitrogen and oxygen atoms in total. The molecule has 0 saturated carbocycles. The van der Waals surface area contributed by atoms with E-state index in [1.54, 1.807) is 0 Å². The fourth-order valence-corrected chi connectivity index (χ4v) is 2.35. The van der Waals surface area contributed by atoms with Crippen LogP contribution in [0.15, 0.2) is 46.9 Å². The summed E-state index contributed by atoms with van der Waals surface area (Å²) in [4.78, 5) is 2.04. The van der Waals surface area contributed by atoms with E-state index in [2.05, 4.69) is 22.0 Å². The molecular formula is C15H14BrN3. The van der Waals surface area contributed by atoms with Gasteiger partial charge in [0.1, 0.15) is 6.07 Å². The van der Waals surface area contributed by atoms with Crippen molar-refractivity contribution in [3.05, 3.63) is 58.1 Å². The van der Waals surface area contributed by atoms with Crippen molar-refractivity contribution in [2.24, 2.45) is 0 Å². The first-order valence-electron chi connectivity index (χ1n) is 5.86. The Kier molecular flexibility index (Phi) is 4.08. The minimum absolute atomic E-state index is 0.671. The number of nitriles is 1. The van der Waals surface area contributed by atoms with Gasteiger partial charge in [-0.25, -0.2) is 0 Å². The summed E-state index contributed by atoms with van der Waals surface area (Å²) in [5.41, 5.74) is 9.28. The summed E-state index contributed by atoms with van der Waals surface area (Å²) in [6.07, 6.45) is 0. The fraction of sp³-hybridized carbons (Fsp3) is 0.133. The Hall–Kier alpha value is -1.99. The number of hydrogen-bond acceptors (Lipinski definition) is 3. The highest BCUT2D eigenvalue weighted by Gasteiger charge is 2.10. The van der Waals surface area contributed by atoms with E-state index in [-0.39, 0.29) is 0 Å². The molecule has 2 N–H and O–H groups in total. The second-order valence-corrected chi connectivity index (χ2v) is 5.10. The predicted molar refractivity (Wildman–Crippen MR) is 81.8 cm³/mol. The molecule has 0 saturated heterocycles. The van der Waals surface area contributed by atoms with Gasteiger partial charge in [-0.2, -0.15) is 5.26 Å². The van der Waals surface area contributed by atoms with E-state index in [0.29, 0.717) is 12.1 Å². The van der Waals surface area contributed by atoms with Crippen LogP contribution in [0, 0.1) is 11.3 Å². The van der Waals surface area contributed by atoms with Gasteiger partial charge in [0.15, 0.2) is 0 Å². The van der Waals surface area contributed by atoms with Gasteiger partial charge < -0.3 is 10.6 Å². The average Bonchev–Trinajstić information content (AvgIpc) is 2.43. The molecule has 0 heterocycles. The normalized spacial score (nSPS) is 9.95. The molecule has 0 atom stereocenters. The monoisotopic (exact) mass is 315 g/mol. The molecule has 96 valence electrons. The van der Waals surface area contributed by atoms with Crippen molar-refractivity contribution in [2.75, 3.05) is 17.7 Å². The van der Waals surface area contributed by atoms with Gasteiger partial charge in [-0.1, -0.05) is 24.3 Å². The van der Waals surface area contributed by atoms with Crippen LogP contribution in [0.3, 0.4) is 0 Å². The van der Waals surface area contributed by atoms with Crippen LogP contribution in [0.5, 0.6) is 0 Å². The van der Waals surface area contributed by atoms with Crippen molar-refractivity contribution in [3.63, 3.8) is 0 Å². The second kappa shape index (κ2) is 5.77. The minimum Gasteiger partial charge on any atom is -0.398 e. The lowest BCUT2D eigenvalue weighted by Gasteiger charge is -2.21. The Balaban J connectivity index is 2.29. The fourth-order valence-electron chi connectivity index (χ4n) is 1.96. The van der Waals surface area contributed by atoms with E-state index >= 15 is 0 Å². The first-order chi connectivity index (χ1) is 9.13. The van der Waals surface area contributed by atoms with Gasteiger partial charge >= 0.3 is 0 Å². The molecule has 2 aromatic rings. The van der Waals surface area contributed by atoms with Crippen molar-refractivity contribution in [3.8, 4) is 6.07 Å². The molecule has 0 amide bonds. The van der Waals surface area contributed by atoms with E-state index in [0.717, 1.165) is 21.4 Å². The molecule has 0 spiro atoms. The lowest BCUT2D eigenvalue weighted by atomic mass is 10.1. The topological polar surface area (TPSA) is 53.0 Å². The van der Waals surface area contributed by atoms with Crippen LogP contribution in [-0.4, -0.2) is 7.05 Å². The van der Waals surface area contributed by atoms with Crippen LogP contribution in [0.4, 0.5) is 11.4 Å². The van der Waals surface area contributed by atoms with Crippen LogP contribution >= 0.6 is 15.9 Å². The molecule has 2 rings (SSSR count). The van der Waals surface area contributed by atoms with Crippen molar-refractivity contribution >= 4 is 27.3 Å². The Labute approximate surface area is 121 Å². The van der Waals surface area contributed by atoms with Gasteiger partial charge in [0.05, 0.1) is 11.3 Å². The molecule has 0 bridgehead atoms. The highest BCUT2D eigenvalue weighted by molar-refractivity contribution is 9.10. The SMILES string of the molecule is CN(Cc1cccc(N)c1Br)c1ccccc1C#N. The van der Waals surface area contributed by atoms with Crippen LogP contribution in [0.2, 0.25) is 0 Å². The van der Waals surface area contributed by atoms with Crippen molar-refractivity contribution in [1.82, 2.24) is 0 Å². The van der Waals surface area contributed by atoms with Gasteiger partial charge in [-0.3, -0.25) is 0 Å². The maximum atomic E-state index is 9.13. The number of hydrogen-bond donors (Lipinski definition) is 1. The number of rotatable bonds is 3. The van der Waals surface area contributed by atoms with Crippen LogP contribution in [-0.2, 0) is 6.54 Å². The lowest BCUT2D eigenvalue weighted by molar-refractivity contribution is 0.917. The summed E-state index contributed by atoms with van der Waals surface area (Å²) in [6.45, 7) is 0.685. The quantitative estimate of drug-likeness (QED) is 0.881. The molecule has 0 aliphatic rings. The lowest BCUT2D eigenvalue weighted by Crippen LogP contribution is -2.18. The number of nitrogens with zero attached hydrogens (tertiary/aromatic N) is 2. The highest BCUT2D eigenvalue weighted by atomic mass is 79.9. The number of nitrogen functional groups attached to an aromatic ring is 1. The molecule has 0 aliphatic heterocycles. The summed E-state index contributed by atoms with van der Waals surface area (Å²) >= 11 is 3.50. The van der Waals surface area contributed by atoms with E-state index in [4.69, 9.17) is 11.0 Å². The van der Waals surface area contributed by atoms with Gasteiger partial charge in [-0.15, -0.1) is 0 Å². The largest absolute Gasteiger partial charge is 0.398 e. The summed E-state index contributed by atoms with van der Waals surface area (Å²) in [5.74, 6) is 0. The van der Waals surface area contributed by atoms with Crippen LogP contribution < -0.4 is 10.6 Å². The molecular weight excluding hydrogens is 302 g/mol. The van der Waals surface area contributed by atoms with E-state index in [1.165, 1.54) is 0 Å². The number of halogens is 1. The Morgan fingerprint density at radius 2 is 1.95 bits per heavy atom. The van der Waals surface area contributed by atoms with Crippen molar-refractivity contribution < 1.29 is 0 Å². The summed E-state index contributed by atoms with van der Waals surface area (Å²) < 4.78 is 0.913. The third kappa shape index (κ3) is 2.88. The molecule has 19 heavy (non-hydrogen) atoms. The smallest absolute Gasteiger partial charge is 0.101 e. The Morgan fingerprint density at radius 3 is 2.68 bits per heavy atom. The van der Waals surface area contributed by atoms with Gasteiger partial charge in [0, 0.05) is 23.8 Å². The number of anilines is 2. The van der Waals surface area contributed by atoms with E-state index < -0.39 is 0 Å². The molecule has 0 unspecified atom stereocenters. The average molecular weight is 316 g/mol. The number of para-hydroxylation sites is 1. The molecule has 0 aromatic heterocycles. The van der Waals surface area contributed by atoms with E-state index in [1.807, 2.05) is 54.4 Å². The summed E-state index contributed by atoms with van der Waals surface area (Å²) in [5, 5.41) is 9.13. The molecule has 2 aromatic carbocycles. The highest BCUT2D eigenvalue weighted by Crippen LogP contribution is 2.27. The maximum absolute atomic E-state index is 9.13. The van der Waals surface area contributed by atoms with Crippen molar-refractivity contribution in [1.29, 1.82) is 5.26 Å². The molecule has 0 radical (unpaired) electrons. The summed E-state index contributed by atoms with van der Waals surface area (Å²) in [7, 11) is 1.96. The third-order valence-corrected chi connectivity index (χ3v) is 3.92. The standard InChI is InChI=1S/C15H14BrN3/c1-19(14-8-3-2-5-11(14)9-17)10-12-6-4-7-13(18)15(12)16/h2-8H,10,18H2,1H3. The maximum Gasteiger partial charge on any atom is 0.101 e. The Morgan fingerprint density at radius 1 is 1.21 bits per heavy atom. The first kappa shape index (κ1) is 13.4. The molecule has 0 fully saturated rings. The summed E-state index contributed by atoms with van der Waals surface area (Å²) in [6, 6.07) is 15.6. The van der Waals surface area contributed by atoms with Crippen LogP contribution in [0.25, 0.3) is 0 Å². The second-order valence-electron chi connectivity index (χ2n) is 4.31. The van der Waals surface area contributed by atoms with Crippen molar-refractivity contribution in [2.45, 2.75) is 6.54 Å². The molecule has 0 aliphatic carbocycles. The van der Waals surface area contributed by atoms with Crippen LogP contribution in [0.1, 0.15) is 11.1 Å². The zero-order valence-corrected chi connectivity index (χ0v) is 12.2. The molecule has 4 heteroatoms. The first-order valence-corrected chi connectivity index (χ1v) is 6.66. The van der Waals surface area contributed by atoms with Gasteiger partial charge in [0.25, 0.3) is 0 Å². The Bertz CT molecular complexity index is 632. The van der Waals surface area contributed by atoms with Gasteiger partial charge in [0.2, 0.25) is 0 Å². The minimum atomic E-state index is 0.671.